The van der Waals surface area contributed by atoms with Crippen molar-refractivity contribution in [1.82, 2.24) is 10.6 Å². The molecule has 0 saturated carbocycles. The molecule has 0 amide bonds. The van der Waals surface area contributed by atoms with Gasteiger partial charge in [0.15, 0.2) is 5.96 Å². The molecule has 1 heterocycles. The van der Waals surface area contributed by atoms with Gasteiger partial charge in [-0.05, 0) is 18.6 Å². The lowest BCUT2D eigenvalue weighted by atomic mass is 10.2. The predicted molar refractivity (Wildman–Crippen MR) is 80.4 cm³/mol. The van der Waals surface area contributed by atoms with Crippen LogP contribution in [0.4, 0.5) is 0 Å². The van der Waals surface area contributed by atoms with E-state index in [4.69, 9.17) is 10.8 Å². The van der Waals surface area contributed by atoms with Gasteiger partial charge in [0.25, 0.3) is 0 Å². The third-order valence-electron chi connectivity index (χ3n) is 2.15. The average molecular weight is 347 g/mol. The average Bonchev–Trinajstić information content (AvgIpc) is 2.83. The molecule has 0 bridgehead atoms. The topological polar surface area (TPSA) is 49.6 Å². The van der Waals surface area contributed by atoms with E-state index in [1.807, 2.05) is 19.1 Å². The van der Waals surface area contributed by atoms with Gasteiger partial charge in [-0.3, -0.25) is 4.99 Å². The van der Waals surface area contributed by atoms with E-state index >= 15 is 0 Å². The number of rotatable bonds is 4. The van der Waals surface area contributed by atoms with Crippen LogP contribution in [0.15, 0.2) is 27.8 Å². The second-order valence-corrected chi connectivity index (χ2v) is 3.28. The van der Waals surface area contributed by atoms with Crippen LogP contribution in [0, 0.1) is 12.3 Å². The summed E-state index contributed by atoms with van der Waals surface area (Å²) in [5, 5.41) is 6.25. The van der Waals surface area contributed by atoms with Crippen molar-refractivity contribution >= 4 is 29.9 Å². The van der Waals surface area contributed by atoms with E-state index in [9.17, 15) is 0 Å². The van der Waals surface area contributed by atoms with Crippen molar-refractivity contribution in [3.63, 3.8) is 0 Å². The Balaban J connectivity index is 0.00000256. The molecular formula is C12H18IN3O. The van der Waals surface area contributed by atoms with Crippen molar-refractivity contribution in [2.24, 2.45) is 4.99 Å². The van der Waals surface area contributed by atoms with Crippen LogP contribution in [0.25, 0.3) is 0 Å². The van der Waals surface area contributed by atoms with Gasteiger partial charge in [-0.2, -0.15) is 0 Å². The summed E-state index contributed by atoms with van der Waals surface area (Å²) in [5.41, 5.74) is 0. The van der Waals surface area contributed by atoms with Gasteiger partial charge in [-0.15, -0.1) is 30.4 Å². The predicted octanol–water partition coefficient (Wildman–Crippen LogP) is 1.97. The minimum Gasteiger partial charge on any atom is -0.467 e. The molecule has 1 atom stereocenters. The van der Waals surface area contributed by atoms with Crippen LogP contribution < -0.4 is 10.6 Å². The van der Waals surface area contributed by atoms with Crippen LogP contribution in [-0.2, 0) is 6.54 Å². The van der Waals surface area contributed by atoms with Gasteiger partial charge in [0.05, 0.1) is 18.8 Å². The first kappa shape index (κ1) is 15.8. The molecule has 0 aromatic carbocycles. The zero-order chi connectivity index (χ0) is 11.8. The highest BCUT2D eigenvalue weighted by atomic mass is 127. The Hall–Kier alpha value is -1.16. The number of aliphatic imine (C=N–C) groups is 1. The van der Waals surface area contributed by atoms with Crippen LogP contribution in [0.1, 0.15) is 19.1 Å². The van der Waals surface area contributed by atoms with Crippen LogP contribution >= 0.6 is 24.0 Å². The fraction of sp³-hybridized carbons (Fsp3) is 0.417. The third-order valence-corrected chi connectivity index (χ3v) is 2.15. The largest absolute Gasteiger partial charge is 0.467 e. The van der Waals surface area contributed by atoms with Crippen molar-refractivity contribution in [1.29, 1.82) is 0 Å². The number of halogens is 1. The zero-order valence-electron chi connectivity index (χ0n) is 10.1. The van der Waals surface area contributed by atoms with Crippen LogP contribution in [0.5, 0.6) is 0 Å². The van der Waals surface area contributed by atoms with Gasteiger partial charge in [0.2, 0.25) is 0 Å². The fourth-order valence-electron chi connectivity index (χ4n) is 1.21. The highest BCUT2D eigenvalue weighted by molar-refractivity contribution is 14.0. The molecule has 0 aliphatic rings. The summed E-state index contributed by atoms with van der Waals surface area (Å²) in [7, 11) is 1.71. The lowest BCUT2D eigenvalue weighted by Crippen LogP contribution is -2.42. The minimum absolute atomic E-state index is 0. The molecule has 1 unspecified atom stereocenters. The molecule has 0 aliphatic heterocycles. The Morgan fingerprint density at radius 1 is 1.65 bits per heavy atom. The van der Waals surface area contributed by atoms with Gasteiger partial charge >= 0.3 is 0 Å². The summed E-state index contributed by atoms with van der Waals surface area (Å²) in [5.74, 6) is 4.19. The van der Waals surface area contributed by atoms with E-state index in [0.717, 1.165) is 12.2 Å². The SMILES string of the molecule is C#CC(CC)NC(=NC)NCc1ccco1.I. The van der Waals surface area contributed by atoms with Crippen LogP contribution in [0.2, 0.25) is 0 Å². The Morgan fingerprint density at radius 2 is 2.41 bits per heavy atom. The van der Waals surface area contributed by atoms with Crippen LogP contribution in [-0.4, -0.2) is 19.0 Å². The maximum absolute atomic E-state index is 5.36. The summed E-state index contributed by atoms with van der Waals surface area (Å²) in [4.78, 5) is 4.08. The second kappa shape index (κ2) is 8.93. The van der Waals surface area contributed by atoms with E-state index in [0.29, 0.717) is 12.5 Å². The summed E-state index contributed by atoms with van der Waals surface area (Å²) < 4.78 is 5.20. The molecule has 0 aliphatic carbocycles. The molecule has 0 spiro atoms. The fourth-order valence-corrected chi connectivity index (χ4v) is 1.21. The molecule has 17 heavy (non-hydrogen) atoms. The number of hydrogen-bond donors (Lipinski definition) is 2. The molecule has 5 heteroatoms. The number of furan rings is 1. The van der Waals surface area contributed by atoms with Crippen molar-refractivity contribution in [2.45, 2.75) is 25.9 Å². The smallest absolute Gasteiger partial charge is 0.192 e. The van der Waals surface area contributed by atoms with E-state index in [1.54, 1.807) is 13.3 Å². The van der Waals surface area contributed by atoms with E-state index in [-0.39, 0.29) is 30.0 Å². The van der Waals surface area contributed by atoms with Gasteiger partial charge in [-0.1, -0.05) is 12.8 Å². The quantitative estimate of drug-likeness (QED) is 0.379. The molecule has 0 saturated heterocycles. The number of hydrogen-bond acceptors (Lipinski definition) is 2. The normalized spacial score (nSPS) is 12.2. The minimum atomic E-state index is 0. The van der Waals surface area contributed by atoms with Gasteiger partial charge in [0.1, 0.15) is 5.76 Å². The highest BCUT2D eigenvalue weighted by Gasteiger charge is 2.05. The van der Waals surface area contributed by atoms with Crippen molar-refractivity contribution in [2.75, 3.05) is 7.05 Å². The first-order valence-electron chi connectivity index (χ1n) is 5.25. The number of guanidine groups is 1. The first-order valence-corrected chi connectivity index (χ1v) is 5.25. The van der Waals surface area contributed by atoms with Gasteiger partial charge in [0, 0.05) is 7.05 Å². The maximum Gasteiger partial charge on any atom is 0.192 e. The first-order chi connectivity index (χ1) is 7.80. The monoisotopic (exact) mass is 347 g/mol. The van der Waals surface area contributed by atoms with E-state index in [2.05, 4.69) is 21.5 Å². The molecule has 94 valence electrons. The summed E-state index contributed by atoms with van der Waals surface area (Å²) in [6.45, 7) is 2.62. The van der Waals surface area contributed by atoms with Gasteiger partial charge < -0.3 is 15.1 Å². The maximum atomic E-state index is 5.36. The van der Waals surface area contributed by atoms with Crippen LogP contribution in [0.3, 0.4) is 0 Å². The molecule has 1 rings (SSSR count). The summed E-state index contributed by atoms with van der Waals surface area (Å²) >= 11 is 0. The molecule has 1 aromatic heterocycles. The lowest BCUT2D eigenvalue weighted by molar-refractivity contribution is 0.500. The summed E-state index contributed by atoms with van der Waals surface area (Å²) in [6.07, 6.45) is 7.86. The Bertz CT molecular complexity index is 368. The Labute approximate surface area is 119 Å². The molecular weight excluding hydrogens is 329 g/mol. The molecule has 2 N–H and O–H groups in total. The zero-order valence-corrected chi connectivity index (χ0v) is 12.4. The lowest BCUT2D eigenvalue weighted by Gasteiger charge is -2.15. The number of nitrogens with zero attached hydrogens (tertiary/aromatic N) is 1. The van der Waals surface area contributed by atoms with Crippen molar-refractivity contribution < 1.29 is 4.42 Å². The van der Waals surface area contributed by atoms with E-state index in [1.165, 1.54) is 0 Å². The van der Waals surface area contributed by atoms with E-state index < -0.39 is 0 Å². The Morgan fingerprint density at radius 3 is 2.88 bits per heavy atom. The molecule has 0 radical (unpaired) electrons. The van der Waals surface area contributed by atoms with Crippen molar-refractivity contribution in [3.05, 3.63) is 24.2 Å². The van der Waals surface area contributed by atoms with Crippen molar-refractivity contribution in [3.8, 4) is 12.3 Å². The number of nitrogens with one attached hydrogen (secondary N) is 2. The molecule has 0 fully saturated rings. The number of terminal acetylenes is 1. The third kappa shape index (κ3) is 5.63. The van der Waals surface area contributed by atoms with Gasteiger partial charge in [-0.25, -0.2) is 0 Å². The summed E-state index contributed by atoms with van der Waals surface area (Å²) in [6, 6.07) is 3.75. The molecule has 4 nitrogen and oxygen atoms in total. The standard InChI is InChI=1S/C12H17N3O.HI/c1-4-10(5-2)15-12(13-3)14-9-11-7-6-8-16-11;/h1,6-8,10H,5,9H2,2-3H3,(H2,13,14,15);1H. The molecule has 1 aromatic rings. The highest BCUT2D eigenvalue weighted by Crippen LogP contribution is 1.98. The second-order valence-electron chi connectivity index (χ2n) is 3.28. The Kier molecular flexibility index (Phi) is 8.32.